The van der Waals surface area contributed by atoms with Crippen LogP contribution in [0.5, 0.6) is 5.75 Å². The fourth-order valence-electron chi connectivity index (χ4n) is 1.68. The molecule has 20 heavy (non-hydrogen) atoms. The summed E-state index contributed by atoms with van der Waals surface area (Å²) in [6.07, 6.45) is 0. The molecule has 0 aliphatic carbocycles. The molecule has 106 valence electrons. The molecule has 0 fully saturated rings. The Morgan fingerprint density at radius 3 is 2.75 bits per heavy atom. The van der Waals surface area contributed by atoms with E-state index in [1.165, 1.54) is 4.90 Å². The van der Waals surface area contributed by atoms with Gasteiger partial charge in [-0.2, -0.15) is 0 Å². The highest BCUT2D eigenvalue weighted by Gasteiger charge is 2.04. The fourth-order valence-corrected chi connectivity index (χ4v) is 3.04. The first kappa shape index (κ1) is 15.4. The molecular weight excluding hydrogens is 313 g/mol. The van der Waals surface area contributed by atoms with Crippen molar-refractivity contribution in [3.63, 3.8) is 0 Å². The lowest BCUT2D eigenvalue weighted by Crippen LogP contribution is -2.01. The van der Waals surface area contributed by atoms with E-state index in [1.807, 2.05) is 19.1 Å². The van der Waals surface area contributed by atoms with Crippen LogP contribution < -0.4 is 10.5 Å². The molecule has 2 rings (SSSR count). The molecular formula is C15H15Cl2NOS. The third-order valence-corrected chi connectivity index (χ3v) is 4.47. The van der Waals surface area contributed by atoms with Crippen molar-refractivity contribution in [1.29, 1.82) is 0 Å². The van der Waals surface area contributed by atoms with Crippen LogP contribution in [0.15, 0.2) is 41.3 Å². The second kappa shape index (κ2) is 7.11. The molecule has 0 atom stereocenters. The number of nitrogens with two attached hydrogens (primary N) is 1. The Balaban J connectivity index is 1.86. The summed E-state index contributed by atoms with van der Waals surface area (Å²) < 4.78 is 5.64. The average Bonchev–Trinajstić information content (AvgIpc) is 2.41. The van der Waals surface area contributed by atoms with Crippen molar-refractivity contribution >= 4 is 40.7 Å². The van der Waals surface area contributed by atoms with Gasteiger partial charge in [0.1, 0.15) is 5.75 Å². The van der Waals surface area contributed by atoms with Crippen LogP contribution in [0.25, 0.3) is 0 Å². The zero-order valence-electron chi connectivity index (χ0n) is 11.0. The van der Waals surface area contributed by atoms with Crippen molar-refractivity contribution in [3.05, 3.63) is 52.0 Å². The van der Waals surface area contributed by atoms with E-state index < -0.39 is 0 Å². The van der Waals surface area contributed by atoms with Crippen molar-refractivity contribution in [3.8, 4) is 5.75 Å². The minimum absolute atomic E-state index is 0.530. The predicted molar refractivity (Wildman–Crippen MR) is 88.3 cm³/mol. The Morgan fingerprint density at radius 1 is 1.20 bits per heavy atom. The summed E-state index contributed by atoms with van der Waals surface area (Å²) in [7, 11) is 0. The van der Waals surface area contributed by atoms with Crippen LogP contribution in [0.2, 0.25) is 10.0 Å². The summed E-state index contributed by atoms with van der Waals surface area (Å²) >= 11 is 13.6. The topological polar surface area (TPSA) is 35.2 Å². The smallest absolute Gasteiger partial charge is 0.138 e. The van der Waals surface area contributed by atoms with Gasteiger partial charge in [-0.1, -0.05) is 29.3 Å². The Hall–Kier alpha value is -1.03. The first-order valence-corrected chi connectivity index (χ1v) is 7.88. The van der Waals surface area contributed by atoms with Crippen LogP contribution in [0.1, 0.15) is 5.56 Å². The molecule has 2 aromatic carbocycles. The maximum atomic E-state index is 6.04. The van der Waals surface area contributed by atoms with Gasteiger partial charge in [-0.15, -0.1) is 11.8 Å². The van der Waals surface area contributed by atoms with E-state index in [4.69, 9.17) is 33.7 Å². The fraction of sp³-hybridized carbons (Fsp3) is 0.200. The molecule has 5 heteroatoms. The molecule has 0 amide bonds. The number of nitrogen functional groups attached to an aromatic ring is 1. The minimum Gasteiger partial charge on any atom is -0.491 e. The van der Waals surface area contributed by atoms with Gasteiger partial charge in [-0.25, -0.2) is 0 Å². The van der Waals surface area contributed by atoms with Crippen LogP contribution in [0.3, 0.4) is 0 Å². The third-order valence-electron chi connectivity index (χ3n) is 2.82. The van der Waals surface area contributed by atoms with Gasteiger partial charge in [0.15, 0.2) is 0 Å². The molecule has 0 heterocycles. The first-order valence-electron chi connectivity index (χ1n) is 6.13. The van der Waals surface area contributed by atoms with E-state index in [2.05, 4.69) is 6.07 Å². The van der Waals surface area contributed by atoms with Crippen LogP contribution in [-0.4, -0.2) is 12.4 Å². The Kier molecular flexibility index (Phi) is 5.46. The number of halogens is 2. The summed E-state index contributed by atoms with van der Waals surface area (Å²) in [5, 5.41) is 1.13. The molecule has 0 saturated carbocycles. The molecule has 0 spiro atoms. The summed E-state index contributed by atoms with van der Waals surface area (Å²) in [4.78, 5) is 1.18. The highest BCUT2D eigenvalue weighted by molar-refractivity contribution is 7.99. The van der Waals surface area contributed by atoms with Crippen LogP contribution in [0.4, 0.5) is 5.69 Å². The van der Waals surface area contributed by atoms with Gasteiger partial charge in [0.25, 0.3) is 0 Å². The first-order chi connectivity index (χ1) is 9.58. The second-order valence-corrected chi connectivity index (χ2v) is 6.22. The lowest BCUT2D eigenvalue weighted by atomic mass is 10.2. The van der Waals surface area contributed by atoms with Crippen LogP contribution in [0, 0.1) is 6.92 Å². The summed E-state index contributed by atoms with van der Waals surface area (Å²) in [6.45, 7) is 2.59. The molecule has 0 saturated heterocycles. The van der Waals surface area contributed by atoms with Crippen molar-refractivity contribution in [1.82, 2.24) is 0 Å². The van der Waals surface area contributed by atoms with Gasteiger partial charge < -0.3 is 10.5 Å². The molecule has 0 aliphatic heterocycles. The van der Waals surface area contributed by atoms with Gasteiger partial charge in [0.2, 0.25) is 0 Å². The number of rotatable bonds is 5. The van der Waals surface area contributed by atoms with E-state index in [9.17, 15) is 0 Å². The predicted octanol–water partition coefficient (Wildman–Crippen LogP) is 5.06. The maximum absolute atomic E-state index is 6.04. The zero-order valence-corrected chi connectivity index (χ0v) is 13.4. The highest BCUT2D eigenvalue weighted by atomic mass is 35.5. The van der Waals surface area contributed by atoms with Crippen molar-refractivity contribution in [2.24, 2.45) is 0 Å². The maximum Gasteiger partial charge on any atom is 0.138 e. The summed E-state index contributed by atoms with van der Waals surface area (Å²) in [5.41, 5.74) is 7.80. The lowest BCUT2D eigenvalue weighted by molar-refractivity contribution is 0.344. The Bertz CT molecular complexity index is 604. The molecule has 0 bridgehead atoms. The normalized spacial score (nSPS) is 10.6. The largest absolute Gasteiger partial charge is 0.491 e. The quantitative estimate of drug-likeness (QED) is 0.474. The number of thioether (sulfide) groups is 1. The number of anilines is 1. The Morgan fingerprint density at radius 2 is 2.00 bits per heavy atom. The monoisotopic (exact) mass is 327 g/mol. The van der Waals surface area contributed by atoms with Crippen molar-refractivity contribution < 1.29 is 4.74 Å². The molecule has 2 aromatic rings. The van der Waals surface area contributed by atoms with Gasteiger partial charge in [0.05, 0.1) is 11.6 Å². The van der Waals surface area contributed by atoms with E-state index in [-0.39, 0.29) is 0 Å². The molecule has 0 aromatic heterocycles. The number of hydrogen-bond donors (Lipinski definition) is 1. The number of ether oxygens (including phenoxy) is 1. The van der Waals surface area contributed by atoms with Crippen LogP contribution in [-0.2, 0) is 0 Å². The van der Waals surface area contributed by atoms with Crippen LogP contribution >= 0.6 is 35.0 Å². The average molecular weight is 328 g/mol. The van der Waals surface area contributed by atoms with Crippen molar-refractivity contribution in [2.75, 3.05) is 18.1 Å². The molecule has 0 aliphatic rings. The van der Waals surface area contributed by atoms with Gasteiger partial charge in [-0.05, 0) is 42.8 Å². The third kappa shape index (κ3) is 3.98. The summed E-state index contributed by atoms with van der Waals surface area (Å²) in [5.74, 6) is 1.48. The molecule has 2 N–H and O–H groups in total. The van der Waals surface area contributed by atoms with E-state index >= 15 is 0 Å². The summed E-state index contributed by atoms with van der Waals surface area (Å²) in [6, 6.07) is 11.1. The Labute approximate surface area is 133 Å². The number of benzene rings is 2. The van der Waals surface area contributed by atoms with Gasteiger partial charge >= 0.3 is 0 Å². The van der Waals surface area contributed by atoms with E-state index in [0.29, 0.717) is 22.4 Å². The zero-order chi connectivity index (χ0) is 14.5. The minimum atomic E-state index is 0.530. The molecule has 0 radical (unpaired) electrons. The second-order valence-electron chi connectivity index (χ2n) is 4.24. The van der Waals surface area contributed by atoms with Gasteiger partial charge in [0, 0.05) is 21.4 Å². The van der Waals surface area contributed by atoms with Crippen molar-refractivity contribution in [2.45, 2.75) is 11.8 Å². The molecule has 0 unspecified atom stereocenters. The number of hydrogen-bond acceptors (Lipinski definition) is 3. The highest BCUT2D eigenvalue weighted by Crippen LogP contribution is 2.29. The lowest BCUT2D eigenvalue weighted by Gasteiger charge is -2.10. The molecule has 2 nitrogen and oxygen atoms in total. The van der Waals surface area contributed by atoms with Gasteiger partial charge in [-0.3, -0.25) is 0 Å². The SMILES string of the molecule is Cc1c(N)cccc1SCCOc1ccc(Cl)cc1Cl. The standard InChI is InChI=1S/C15H15Cl2NOS/c1-10-13(18)3-2-4-15(10)20-8-7-19-14-6-5-11(16)9-12(14)17/h2-6,9H,7-8,18H2,1H3. The van der Waals surface area contributed by atoms with E-state index in [0.717, 1.165) is 17.0 Å². The van der Waals surface area contributed by atoms with E-state index in [1.54, 1.807) is 30.0 Å².